The van der Waals surface area contributed by atoms with Crippen LogP contribution in [0.4, 0.5) is 0 Å². The van der Waals surface area contributed by atoms with Gasteiger partial charge in [0.2, 0.25) is 10.7 Å². The second-order valence-corrected chi connectivity index (χ2v) is 9.64. The summed E-state index contributed by atoms with van der Waals surface area (Å²) in [7, 11) is -1.24. The summed E-state index contributed by atoms with van der Waals surface area (Å²) in [6.07, 6.45) is 0.466. The number of amides is 1. The van der Waals surface area contributed by atoms with Crippen molar-refractivity contribution in [1.29, 1.82) is 0 Å². The lowest BCUT2D eigenvalue weighted by molar-refractivity contribution is -0.122. The monoisotopic (exact) mass is 429 g/mol. The van der Waals surface area contributed by atoms with Crippen LogP contribution >= 0.6 is 23.8 Å². The van der Waals surface area contributed by atoms with E-state index in [4.69, 9.17) is 23.8 Å². The van der Waals surface area contributed by atoms with Crippen LogP contribution in [0.25, 0.3) is 11.4 Å². The fourth-order valence-electron chi connectivity index (χ4n) is 2.91. The molecule has 0 bridgehead atoms. The number of rotatable bonds is 6. The van der Waals surface area contributed by atoms with Crippen LogP contribution in [0.1, 0.15) is 6.42 Å². The predicted octanol–water partition coefficient (Wildman–Crippen LogP) is 1.45. The highest BCUT2D eigenvalue weighted by atomic mass is 35.5. The number of H-pyrrole nitrogens is 1. The number of likely N-dealkylation sites (N-methyl/N-ethyl adjacent to an activating group) is 1. The SMILES string of the molecule is CN(CC(=O)NC1CCS(=O)(=O)C1)Cn1[nH]c(-c2ccc(Cl)cc2)nc1=S. The normalized spacial score (nSPS) is 18.7. The third kappa shape index (κ3) is 5.38. The second-order valence-electron chi connectivity index (χ2n) is 6.61. The number of halogens is 1. The van der Waals surface area contributed by atoms with Crippen LogP contribution in [0.2, 0.25) is 5.02 Å². The van der Waals surface area contributed by atoms with Gasteiger partial charge in [-0.25, -0.2) is 13.1 Å². The summed E-state index contributed by atoms with van der Waals surface area (Å²) in [5.74, 6) is 0.539. The van der Waals surface area contributed by atoms with Gasteiger partial charge in [-0.3, -0.25) is 14.8 Å². The van der Waals surface area contributed by atoms with Crippen LogP contribution in [0.15, 0.2) is 24.3 Å². The average molecular weight is 430 g/mol. The van der Waals surface area contributed by atoms with Gasteiger partial charge in [-0.05, 0) is 50.0 Å². The van der Waals surface area contributed by atoms with E-state index in [0.29, 0.717) is 28.7 Å². The van der Waals surface area contributed by atoms with Gasteiger partial charge in [0, 0.05) is 16.6 Å². The van der Waals surface area contributed by atoms with Gasteiger partial charge in [-0.2, -0.15) is 4.98 Å². The van der Waals surface area contributed by atoms with Crippen LogP contribution in [-0.2, 0) is 21.3 Å². The Morgan fingerprint density at radius 2 is 2.15 bits per heavy atom. The Labute approximate surface area is 167 Å². The molecule has 1 atom stereocenters. The van der Waals surface area contributed by atoms with Crippen molar-refractivity contribution in [2.75, 3.05) is 25.1 Å². The van der Waals surface area contributed by atoms with Gasteiger partial charge in [0.25, 0.3) is 0 Å². The van der Waals surface area contributed by atoms with Gasteiger partial charge in [0.05, 0.1) is 24.7 Å². The summed E-state index contributed by atoms with van der Waals surface area (Å²) in [6, 6.07) is 6.92. The van der Waals surface area contributed by atoms with Gasteiger partial charge >= 0.3 is 0 Å². The molecule has 1 saturated heterocycles. The molecule has 1 fully saturated rings. The summed E-state index contributed by atoms with van der Waals surface area (Å²) in [5, 5.41) is 6.52. The molecule has 1 aliphatic heterocycles. The number of aromatic nitrogens is 3. The minimum atomic E-state index is -3.02. The van der Waals surface area contributed by atoms with E-state index < -0.39 is 9.84 Å². The molecule has 2 aromatic rings. The third-order valence-electron chi connectivity index (χ3n) is 4.19. The summed E-state index contributed by atoms with van der Waals surface area (Å²) >= 11 is 11.2. The number of sulfone groups is 1. The van der Waals surface area contributed by atoms with Gasteiger partial charge in [-0.15, -0.1) is 0 Å². The summed E-state index contributed by atoms with van der Waals surface area (Å²) in [6.45, 7) is 0.462. The molecule has 2 N–H and O–H groups in total. The van der Waals surface area contributed by atoms with E-state index in [1.807, 2.05) is 12.1 Å². The maximum atomic E-state index is 12.1. The van der Waals surface area contributed by atoms with E-state index in [0.717, 1.165) is 5.56 Å². The van der Waals surface area contributed by atoms with Crippen molar-refractivity contribution in [1.82, 2.24) is 25.0 Å². The number of nitrogens with zero attached hydrogens (tertiary/aromatic N) is 3. The maximum Gasteiger partial charge on any atom is 0.234 e. The zero-order valence-electron chi connectivity index (χ0n) is 14.7. The number of nitrogens with one attached hydrogen (secondary N) is 2. The molecule has 0 spiro atoms. The predicted molar refractivity (Wildman–Crippen MR) is 106 cm³/mol. The van der Waals surface area contributed by atoms with Crippen LogP contribution in [-0.4, -0.2) is 65.1 Å². The molecule has 2 heterocycles. The van der Waals surface area contributed by atoms with Crippen LogP contribution < -0.4 is 5.32 Å². The molecule has 1 aromatic heterocycles. The van der Waals surface area contributed by atoms with Crippen molar-refractivity contribution in [2.24, 2.45) is 0 Å². The van der Waals surface area contributed by atoms with Crippen LogP contribution in [0.3, 0.4) is 0 Å². The van der Waals surface area contributed by atoms with Crippen LogP contribution in [0, 0.1) is 4.77 Å². The minimum absolute atomic E-state index is 0.0124. The summed E-state index contributed by atoms with van der Waals surface area (Å²) in [4.78, 5) is 18.2. The molecule has 1 aromatic carbocycles. The molecule has 1 amide bonds. The van der Waals surface area contributed by atoms with Crippen LogP contribution in [0.5, 0.6) is 0 Å². The molecular formula is C16H20ClN5O3S2. The van der Waals surface area contributed by atoms with Crippen molar-refractivity contribution in [3.8, 4) is 11.4 Å². The first kappa shape index (κ1) is 20.0. The van der Waals surface area contributed by atoms with E-state index in [2.05, 4.69) is 15.4 Å². The largest absolute Gasteiger partial charge is 0.351 e. The van der Waals surface area contributed by atoms with E-state index in [1.165, 1.54) is 0 Å². The van der Waals surface area contributed by atoms with Crippen molar-refractivity contribution >= 4 is 39.6 Å². The van der Waals surface area contributed by atoms with Crippen molar-refractivity contribution in [2.45, 2.75) is 19.1 Å². The molecule has 1 unspecified atom stereocenters. The zero-order valence-corrected chi connectivity index (χ0v) is 17.1. The van der Waals surface area contributed by atoms with Gasteiger partial charge in [0.1, 0.15) is 0 Å². The molecule has 11 heteroatoms. The minimum Gasteiger partial charge on any atom is -0.351 e. The van der Waals surface area contributed by atoms with Crippen molar-refractivity contribution in [3.05, 3.63) is 34.1 Å². The van der Waals surface area contributed by atoms with E-state index >= 15 is 0 Å². The number of carbonyl (C=O) groups excluding carboxylic acids is 1. The smallest absolute Gasteiger partial charge is 0.234 e. The quantitative estimate of drug-likeness (QED) is 0.674. The second kappa shape index (κ2) is 8.09. The third-order valence-corrected chi connectivity index (χ3v) is 6.52. The lowest BCUT2D eigenvalue weighted by Gasteiger charge is -2.18. The Morgan fingerprint density at radius 3 is 2.78 bits per heavy atom. The maximum absolute atomic E-state index is 12.1. The summed E-state index contributed by atoms with van der Waals surface area (Å²) < 4.78 is 25.0. The Kier molecular flexibility index (Phi) is 5.99. The topological polar surface area (TPSA) is 100 Å². The highest BCUT2D eigenvalue weighted by Gasteiger charge is 2.29. The Bertz CT molecular complexity index is 984. The molecule has 1 aliphatic rings. The molecule has 3 rings (SSSR count). The fourth-order valence-corrected chi connectivity index (χ4v) is 4.90. The Morgan fingerprint density at radius 1 is 1.44 bits per heavy atom. The highest BCUT2D eigenvalue weighted by molar-refractivity contribution is 7.91. The summed E-state index contributed by atoms with van der Waals surface area (Å²) in [5.41, 5.74) is 0.854. The first-order valence-corrected chi connectivity index (χ1v) is 10.9. The molecule has 0 saturated carbocycles. The highest BCUT2D eigenvalue weighted by Crippen LogP contribution is 2.18. The number of hydrogen-bond acceptors (Lipinski definition) is 6. The lowest BCUT2D eigenvalue weighted by Crippen LogP contribution is -2.42. The first-order valence-electron chi connectivity index (χ1n) is 8.33. The molecule has 27 heavy (non-hydrogen) atoms. The number of carbonyl (C=O) groups is 1. The Hall–Kier alpha value is -1.75. The number of hydrogen-bond donors (Lipinski definition) is 2. The van der Waals surface area contributed by atoms with E-state index in [-0.39, 0.29) is 30.0 Å². The molecule has 146 valence electrons. The van der Waals surface area contributed by atoms with Gasteiger partial charge in [-0.1, -0.05) is 11.6 Å². The van der Waals surface area contributed by atoms with E-state index in [9.17, 15) is 13.2 Å². The van der Waals surface area contributed by atoms with Crippen molar-refractivity contribution in [3.63, 3.8) is 0 Å². The first-order chi connectivity index (χ1) is 12.7. The Balaban J connectivity index is 1.58. The molecule has 8 nitrogen and oxygen atoms in total. The number of benzene rings is 1. The average Bonchev–Trinajstić information content (AvgIpc) is 3.10. The van der Waals surface area contributed by atoms with E-state index in [1.54, 1.807) is 28.8 Å². The molecular weight excluding hydrogens is 410 g/mol. The molecule has 0 aliphatic carbocycles. The van der Waals surface area contributed by atoms with Crippen molar-refractivity contribution < 1.29 is 13.2 Å². The van der Waals surface area contributed by atoms with Gasteiger partial charge < -0.3 is 5.32 Å². The molecule has 0 radical (unpaired) electrons. The number of aromatic amines is 1. The zero-order chi connectivity index (χ0) is 19.6. The standard InChI is InChI=1S/C16H20ClN5O3S2/c1-21(8-14(23)18-13-6-7-27(24,25)9-13)10-22-16(26)19-15(20-22)11-2-4-12(17)5-3-11/h2-5,13H,6-10H2,1H3,(H,18,23)(H,19,20,26). The van der Waals surface area contributed by atoms with Gasteiger partial charge in [0.15, 0.2) is 15.7 Å². The fraction of sp³-hybridized carbons (Fsp3) is 0.438. The lowest BCUT2D eigenvalue weighted by atomic mass is 10.2.